The zero-order valence-electron chi connectivity index (χ0n) is 13.6. The fraction of sp³-hybridized carbons (Fsp3) is 0.400. The van der Waals surface area contributed by atoms with E-state index in [2.05, 4.69) is 6.07 Å². The molecule has 23 heavy (non-hydrogen) atoms. The van der Waals surface area contributed by atoms with Crippen molar-refractivity contribution in [3.05, 3.63) is 57.9 Å². The van der Waals surface area contributed by atoms with E-state index >= 15 is 0 Å². The Bertz CT molecular complexity index is 778. The second-order valence-electron chi connectivity index (χ2n) is 6.49. The Morgan fingerprint density at radius 3 is 2.52 bits per heavy atom. The van der Waals surface area contributed by atoms with Gasteiger partial charge in [0.2, 0.25) is 0 Å². The summed E-state index contributed by atoms with van der Waals surface area (Å²) in [5.74, 6) is 0.540. The highest BCUT2D eigenvalue weighted by molar-refractivity contribution is 5.61. The van der Waals surface area contributed by atoms with Gasteiger partial charge in [0.1, 0.15) is 11.6 Å². The minimum atomic E-state index is -0.142. The Morgan fingerprint density at radius 1 is 1.17 bits per heavy atom. The number of nitrogens with zero attached hydrogens (tertiary/aromatic N) is 2. The maximum Gasteiger partial charge on any atom is 0.269 e. The van der Waals surface area contributed by atoms with Gasteiger partial charge in [0.25, 0.3) is 5.56 Å². The molecule has 118 valence electrons. The van der Waals surface area contributed by atoms with Crippen molar-refractivity contribution < 1.29 is 0 Å². The average Bonchev–Trinajstić information content (AvgIpc) is 2.59. The highest BCUT2D eigenvalue weighted by Gasteiger charge is 2.19. The van der Waals surface area contributed by atoms with Crippen molar-refractivity contribution in [1.29, 1.82) is 5.26 Å². The largest absolute Gasteiger partial charge is 0.307 e. The lowest BCUT2D eigenvalue weighted by Gasteiger charge is -2.24. The van der Waals surface area contributed by atoms with E-state index in [4.69, 9.17) is 0 Å². The van der Waals surface area contributed by atoms with Crippen LogP contribution in [0.15, 0.2) is 41.2 Å². The summed E-state index contributed by atoms with van der Waals surface area (Å²) in [6.07, 6.45) is 6.15. The van der Waals surface area contributed by atoms with E-state index in [1.54, 1.807) is 0 Å². The van der Waals surface area contributed by atoms with E-state index in [9.17, 15) is 10.1 Å². The number of hydrogen-bond acceptors (Lipinski definition) is 2. The molecule has 3 heteroatoms. The highest BCUT2D eigenvalue weighted by Crippen LogP contribution is 2.27. The number of aryl methyl sites for hydroxylation is 1. The SMILES string of the molecule is Cc1cc(-c2ccccc2)n(CC2CCCCC2)c(=O)c1C#N. The number of aromatic nitrogens is 1. The third-order valence-electron chi connectivity index (χ3n) is 4.84. The molecule has 0 N–H and O–H groups in total. The van der Waals surface area contributed by atoms with Gasteiger partial charge in [-0.1, -0.05) is 49.6 Å². The van der Waals surface area contributed by atoms with Crippen LogP contribution >= 0.6 is 0 Å². The molecule has 0 saturated heterocycles. The molecule has 1 aromatic heterocycles. The summed E-state index contributed by atoms with van der Waals surface area (Å²) < 4.78 is 1.83. The average molecular weight is 306 g/mol. The van der Waals surface area contributed by atoms with E-state index in [1.807, 2.05) is 47.9 Å². The van der Waals surface area contributed by atoms with Gasteiger partial charge in [-0.05, 0) is 42.9 Å². The Labute approximate surface area is 137 Å². The molecule has 1 aliphatic carbocycles. The fourth-order valence-corrected chi connectivity index (χ4v) is 3.56. The van der Waals surface area contributed by atoms with Crippen molar-refractivity contribution in [3.8, 4) is 17.3 Å². The van der Waals surface area contributed by atoms with Crippen LogP contribution in [0.3, 0.4) is 0 Å². The summed E-state index contributed by atoms with van der Waals surface area (Å²) in [7, 11) is 0. The van der Waals surface area contributed by atoms with Crippen LogP contribution in [-0.4, -0.2) is 4.57 Å². The standard InChI is InChI=1S/C20H22N2O/c1-15-12-19(17-10-6-3-7-11-17)22(20(23)18(15)13-21)14-16-8-4-2-5-9-16/h3,6-7,10-12,16H,2,4-5,8-9,14H2,1H3. The molecule has 0 radical (unpaired) electrons. The van der Waals surface area contributed by atoms with E-state index in [-0.39, 0.29) is 11.1 Å². The predicted octanol–water partition coefficient (Wildman–Crippen LogP) is 4.28. The molecule has 1 aromatic carbocycles. The topological polar surface area (TPSA) is 45.8 Å². The number of nitriles is 1. The number of rotatable bonds is 3. The quantitative estimate of drug-likeness (QED) is 0.850. The maximum absolute atomic E-state index is 12.8. The molecule has 0 amide bonds. The van der Waals surface area contributed by atoms with Crippen LogP contribution in [0.4, 0.5) is 0 Å². The first kappa shape index (κ1) is 15.6. The lowest BCUT2D eigenvalue weighted by Crippen LogP contribution is -2.29. The van der Waals surface area contributed by atoms with Crippen LogP contribution in [0.25, 0.3) is 11.3 Å². The van der Waals surface area contributed by atoms with Gasteiger partial charge >= 0.3 is 0 Å². The molecule has 0 aliphatic heterocycles. The van der Waals surface area contributed by atoms with Crippen molar-refractivity contribution in [2.24, 2.45) is 5.92 Å². The number of hydrogen-bond donors (Lipinski definition) is 0. The summed E-state index contributed by atoms with van der Waals surface area (Å²) in [6, 6.07) is 14.1. The third kappa shape index (κ3) is 3.22. The summed E-state index contributed by atoms with van der Waals surface area (Å²) in [5, 5.41) is 9.33. The molecule has 0 atom stereocenters. The molecule has 3 rings (SSSR count). The van der Waals surface area contributed by atoms with E-state index < -0.39 is 0 Å². The minimum absolute atomic E-state index is 0.142. The molecule has 1 heterocycles. The molecule has 1 saturated carbocycles. The van der Waals surface area contributed by atoms with Gasteiger partial charge in [-0.3, -0.25) is 4.79 Å². The molecule has 1 fully saturated rings. The lowest BCUT2D eigenvalue weighted by molar-refractivity contribution is 0.317. The Balaban J connectivity index is 2.10. The number of benzene rings is 1. The van der Waals surface area contributed by atoms with Crippen LogP contribution in [0.2, 0.25) is 0 Å². The molecule has 0 bridgehead atoms. The molecule has 0 spiro atoms. The summed E-state index contributed by atoms with van der Waals surface area (Å²) >= 11 is 0. The van der Waals surface area contributed by atoms with Crippen LogP contribution < -0.4 is 5.56 Å². The van der Waals surface area contributed by atoms with Crippen molar-refractivity contribution in [3.63, 3.8) is 0 Å². The van der Waals surface area contributed by atoms with Gasteiger partial charge < -0.3 is 4.57 Å². The predicted molar refractivity (Wildman–Crippen MR) is 92.2 cm³/mol. The van der Waals surface area contributed by atoms with E-state index in [1.165, 1.54) is 32.1 Å². The first-order valence-corrected chi connectivity index (χ1v) is 8.40. The lowest BCUT2D eigenvalue weighted by atomic mass is 9.89. The molecule has 3 nitrogen and oxygen atoms in total. The second-order valence-corrected chi connectivity index (χ2v) is 6.49. The van der Waals surface area contributed by atoms with Crippen LogP contribution in [-0.2, 0) is 6.54 Å². The summed E-state index contributed by atoms with van der Waals surface area (Å²) in [4.78, 5) is 12.8. The Hall–Kier alpha value is -2.34. The third-order valence-corrected chi connectivity index (χ3v) is 4.84. The monoisotopic (exact) mass is 306 g/mol. The van der Waals surface area contributed by atoms with Gasteiger partial charge in [0, 0.05) is 6.54 Å². The maximum atomic E-state index is 12.8. The van der Waals surface area contributed by atoms with Crippen LogP contribution in [0.5, 0.6) is 0 Å². The minimum Gasteiger partial charge on any atom is -0.307 e. The molecule has 1 aliphatic rings. The Morgan fingerprint density at radius 2 is 1.87 bits per heavy atom. The smallest absolute Gasteiger partial charge is 0.269 e. The summed E-state index contributed by atoms with van der Waals surface area (Å²) in [6.45, 7) is 2.56. The van der Waals surface area contributed by atoms with Gasteiger partial charge in [0.15, 0.2) is 0 Å². The zero-order chi connectivity index (χ0) is 16.2. The highest BCUT2D eigenvalue weighted by atomic mass is 16.1. The normalized spacial score (nSPS) is 15.3. The van der Waals surface area contributed by atoms with Crippen molar-refractivity contribution in [2.45, 2.75) is 45.6 Å². The molecule has 2 aromatic rings. The van der Waals surface area contributed by atoms with E-state index in [0.29, 0.717) is 5.92 Å². The molecule has 0 unspecified atom stereocenters. The second kappa shape index (κ2) is 6.83. The fourth-order valence-electron chi connectivity index (χ4n) is 3.56. The van der Waals surface area contributed by atoms with E-state index in [0.717, 1.165) is 23.4 Å². The van der Waals surface area contributed by atoms with Gasteiger partial charge in [-0.2, -0.15) is 5.26 Å². The zero-order valence-corrected chi connectivity index (χ0v) is 13.6. The number of pyridine rings is 1. The first-order chi connectivity index (χ1) is 11.2. The van der Waals surface area contributed by atoms with Gasteiger partial charge in [-0.15, -0.1) is 0 Å². The first-order valence-electron chi connectivity index (χ1n) is 8.40. The van der Waals surface area contributed by atoms with Crippen molar-refractivity contribution in [1.82, 2.24) is 4.57 Å². The molecular weight excluding hydrogens is 284 g/mol. The Kier molecular flexibility index (Phi) is 4.62. The molecular formula is C20H22N2O. The van der Waals surface area contributed by atoms with Gasteiger partial charge in [0.05, 0.1) is 5.69 Å². The van der Waals surface area contributed by atoms with Crippen LogP contribution in [0.1, 0.15) is 43.2 Å². The van der Waals surface area contributed by atoms with Crippen LogP contribution in [0, 0.1) is 24.2 Å². The van der Waals surface area contributed by atoms with Crippen molar-refractivity contribution >= 4 is 0 Å². The van der Waals surface area contributed by atoms with Gasteiger partial charge in [-0.25, -0.2) is 0 Å². The summed E-state index contributed by atoms with van der Waals surface area (Å²) in [5.41, 5.74) is 2.86. The van der Waals surface area contributed by atoms with Crippen molar-refractivity contribution in [2.75, 3.05) is 0 Å².